The molecule has 0 radical (unpaired) electrons. The maximum Gasteiger partial charge on any atom is 0.275 e. The Kier molecular flexibility index (Phi) is 4.48. The fourth-order valence-corrected chi connectivity index (χ4v) is 3.02. The minimum atomic E-state index is -0.524. The van der Waals surface area contributed by atoms with E-state index in [2.05, 4.69) is 9.97 Å². The highest BCUT2D eigenvalue weighted by molar-refractivity contribution is 5.93. The summed E-state index contributed by atoms with van der Waals surface area (Å²) in [7, 11) is 0. The van der Waals surface area contributed by atoms with Crippen molar-refractivity contribution in [3.05, 3.63) is 77.5 Å². The number of aliphatic hydroxyl groups excluding tert-OH is 1. The van der Waals surface area contributed by atoms with Gasteiger partial charge in [0.25, 0.3) is 5.56 Å². The Morgan fingerprint density at radius 3 is 2.59 bits per heavy atom. The van der Waals surface area contributed by atoms with Gasteiger partial charge in [0, 0.05) is 17.4 Å². The Balaban J connectivity index is 1.81. The molecule has 6 nitrogen and oxygen atoms in total. The van der Waals surface area contributed by atoms with E-state index in [0.29, 0.717) is 16.8 Å². The number of ether oxygens (including phenoxy) is 1. The van der Waals surface area contributed by atoms with Crippen molar-refractivity contribution in [1.29, 1.82) is 0 Å². The minimum absolute atomic E-state index is 0.188. The number of nitrogens with zero attached hydrogens (tertiary/aromatic N) is 2. The van der Waals surface area contributed by atoms with Crippen LogP contribution in [0.4, 0.5) is 0 Å². The highest BCUT2D eigenvalue weighted by atomic mass is 16.5. The molecule has 6 heteroatoms. The fourth-order valence-electron chi connectivity index (χ4n) is 3.02. The van der Waals surface area contributed by atoms with Crippen molar-refractivity contribution in [2.24, 2.45) is 0 Å². The van der Waals surface area contributed by atoms with Crippen molar-refractivity contribution in [1.82, 2.24) is 14.5 Å². The number of hydrogen-bond donors (Lipinski definition) is 2. The van der Waals surface area contributed by atoms with Crippen molar-refractivity contribution >= 4 is 11.0 Å². The van der Waals surface area contributed by atoms with E-state index in [4.69, 9.17) is 4.74 Å². The van der Waals surface area contributed by atoms with Gasteiger partial charge in [-0.05, 0) is 36.8 Å². The zero-order valence-electron chi connectivity index (χ0n) is 14.8. The third kappa shape index (κ3) is 3.35. The largest absolute Gasteiger partial charge is 0.491 e. The molecule has 4 aromatic rings. The summed E-state index contributed by atoms with van der Waals surface area (Å²) in [4.78, 5) is 19.5. The number of nitrogens with one attached hydrogen (secondary N) is 1. The lowest BCUT2D eigenvalue weighted by Gasteiger charge is -2.08. The Morgan fingerprint density at radius 2 is 1.89 bits per heavy atom. The van der Waals surface area contributed by atoms with Crippen LogP contribution in [0.15, 0.2) is 71.9 Å². The summed E-state index contributed by atoms with van der Waals surface area (Å²) in [5.41, 5.74) is 3.64. The molecule has 0 saturated heterocycles. The third-order valence-electron chi connectivity index (χ3n) is 4.27. The first-order valence-electron chi connectivity index (χ1n) is 8.69. The van der Waals surface area contributed by atoms with E-state index in [0.717, 1.165) is 16.8 Å². The number of H-pyrrole nitrogens is 1. The minimum Gasteiger partial charge on any atom is -0.491 e. The van der Waals surface area contributed by atoms with Crippen molar-refractivity contribution in [2.45, 2.75) is 13.0 Å². The van der Waals surface area contributed by atoms with Crippen LogP contribution in [-0.2, 0) is 0 Å². The van der Waals surface area contributed by atoms with Gasteiger partial charge < -0.3 is 19.4 Å². The lowest BCUT2D eigenvalue weighted by Crippen LogP contribution is -2.12. The number of fused-ring (bicyclic) bond motifs is 1. The standard InChI is InChI=1S/C21H19N3O3/c1-14(25)12-27-17-9-7-15(8-10-17)18-11-24(16-5-3-2-4-6-16)20-19(18)22-13-23-21(20)26/h2-11,13-14,25H,12H2,1H3,(H,22,23,26). The molecule has 0 aliphatic carbocycles. The highest BCUT2D eigenvalue weighted by Gasteiger charge is 2.15. The zero-order chi connectivity index (χ0) is 18.8. The predicted molar refractivity (Wildman–Crippen MR) is 104 cm³/mol. The number of para-hydroxylation sites is 1. The first kappa shape index (κ1) is 17.1. The SMILES string of the molecule is CC(O)COc1ccc(-c2cn(-c3ccccc3)c3c(=O)[nH]cnc23)cc1. The number of benzene rings is 2. The summed E-state index contributed by atoms with van der Waals surface area (Å²) in [5.74, 6) is 0.678. The van der Waals surface area contributed by atoms with Crippen LogP contribution >= 0.6 is 0 Å². The molecular formula is C21H19N3O3. The Labute approximate surface area is 155 Å². The van der Waals surface area contributed by atoms with E-state index in [-0.39, 0.29) is 12.2 Å². The highest BCUT2D eigenvalue weighted by Crippen LogP contribution is 2.30. The second-order valence-electron chi connectivity index (χ2n) is 6.36. The summed E-state index contributed by atoms with van der Waals surface area (Å²) in [6.07, 6.45) is 2.82. The maximum atomic E-state index is 12.5. The van der Waals surface area contributed by atoms with Gasteiger partial charge in [0.15, 0.2) is 0 Å². The average molecular weight is 361 g/mol. The number of aliphatic hydroxyl groups is 1. The van der Waals surface area contributed by atoms with Crippen LogP contribution in [0, 0.1) is 0 Å². The maximum absolute atomic E-state index is 12.5. The molecule has 2 aromatic carbocycles. The smallest absolute Gasteiger partial charge is 0.275 e. The van der Waals surface area contributed by atoms with Crippen molar-refractivity contribution < 1.29 is 9.84 Å². The number of hydrogen-bond acceptors (Lipinski definition) is 4. The molecule has 0 aliphatic heterocycles. The van der Waals surface area contributed by atoms with Gasteiger partial charge in [-0.1, -0.05) is 30.3 Å². The molecular weight excluding hydrogens is 342 g/mol. The third-order valence-corrected chi connectivity index (χ3v) is 4.27. The van der Waals surface area contributed by atoms with Gasteiger partial charge in [-0.15, -0.1) is 0 Å². The van der Waals surface area contributed by atoms with Crippen molar-refractivity contribution in [2.75, 3.05) is 6.61 Å². The van der Waals surface area contributed by atoms with Crippen LogP contribution < -0.4 is 10.3 Å². The number of aromatic nitrogens is 3. The summed E-state index contributed by atoms with van der Waals surface area (Å²) >= 11 is 0. The molecule has 0 spiro atoms. The van der Waals surface area contributed by atoms with Gasteiger partial charge in [0.05, 0.1) is 12.4 Å². The lowest BCUT2D eigenvalue weighted by atomic mass is 10.1. The molecule has 2 aromatic heterocycles. The van der Waals surface area contributed by atoms with E-state index in [1.807, 2.05) is 65.4 Å². The second kappa shape index (κ2) is 7.09. The Morgan fingerprint density at radius 1 is 1.15 bits per heavy atom. The molecule has 136 valence electrons. The van der Waals surface area contributed by atoms with Crippen LogP contribution in [0.5, 0.6) is 5.75 Å². The Bertz CT molecular complexity index is 1110. The fraction of sp³-hybridized carbons (Fsp3) is 0.143. The van der Waals surface area contributed by atoms with Crippen LogP contribution in [0.2, 0.25) is 0 Å². The quantitative estimate of drug-likeness (QED) is 0.572. The zero-order valence-corrected chi connectivity index (χ0v) is 14.8. The number of rotatable bonds is 5. The van der Waals surface area contributed by atoms with Crippen LogP contribution in [0.3, 0.4) is 0 Å². The summed E-state index contributed by atoms with van der Waals surface area (Å²) in [6, 6.07) is 17.2. The van der Waals surface area contributed by atoms with Crippen LogP contribution in [-0.4, -0.2) is 32.4 Å². The summed E-state index contributed by atoms with van der Waals surface area (Å²) < 4.78 is 7.37. The van der Waals surface area contributed by atoms with E-state index < -0.39 is 6.10 Å². The molecule has 1 unspecified atom stereocenters. The molecule has 0 aliphatic rings. The Hall–Kier alpha value is -3.38. The van der Waals surface area contributed by atoms with E-state index in [1.54, 1.807) is 6.92 Å². The van der Waals surface area contributed by atoms with Gasteiger partial charge in [-0.25, -0.2) is 4.98 Å². The molecule has 2 N–H and O–H groups in total. The first-order chi connectivity index (χ1) is 13.1. The van der Waals surface area contributed by atoms with Crippen LogP contribution in [0.25, 0.3) is 27.8 Å². The van der Waals surface area contributed by atoms with Crippen molar-refractivity contribution in [3.8, 4) is 22.6 Å². The van der Waals surface area contributed by atoms with Gasteiger partial charge in [0.2, 0.25) is 0 Å². The predicted octanol–water partition coefficient (Wildman–Crippen LogP) is 3.14. The normalized spacial score (nSPS) is 12.2. The molecule has 2 heterocycles. The number of aromatic amines is 1. The van der Waals surface area contributed by atoms with Gasteiger partial charge in [-0.2, -0.15) is 0 Å². The molecule has 0 bridgehead atoms. The molecule has 1 atom stereocenters. The van der Waals surface area contributed by atoms with E-state index in [9.17, 15) is 9.90 Å². The van der Waals surface area contributed by atoms with Gasteiger partial charge >= 0.3 is 0 Å². The molecule has 27 heavy (non-hydrogen) atoms. The first-order valence-corrected chi connectivity index (χ1v) is 8.69. The second-order valence-corrected chi connectivity index (χ2v) is 6.36. The molecule has 4 rings (SSSR count). The lowest BCUT2D eigenvalue weighted by molar-refractivity contribution is 0.123. The van der Waals surface area contributed by atoms with Gasteiger partial charge in [-0.3, -0.25) is 4.79 Å². The van der Waals surface area contributed by atoms with Crippen molar-refractivity contribution in [3.63, 3.8) is 0 Å². The average Bonchev–Trinajstić information content (AvgIpc) is 3.08. The van der Waals surface area contributed by atoms with E-state index >= 15 is 0 Å². The van der Waals surface area contributed by atoms with Crippen LogP contribution in [0.1, 0.15) is 6.92 Å². The molecule has 0 fully saturated rings. The van der Waals surface area contributed by atoms with Gasteiger partial charge in [0.1, 0.15) is 23.4 Å². The topological polar surface area (TPSA) is 80.1 Å². The molecule has 0 amide bonds. The van der Waals surface area contributed by atoms with E-state index in [1.165, 1.54) is 6.33 Å². The summed E-state index contributed by atoms with van der Waals surface area (Å²) in [6.45, 7) is 1.92. The summed E-state index contributed by atoms with van der Waals surface area (Å²) in [5, 5.41) is 9.33. The monoisotopic (exact) mass is 361 g/mol. The molecule has 0 saturated carbocycles.